The van der Waals surface area contributed by atoms with E-state index in [1.807, 2.05) is 12.1 Å². The molecule has 3 aromatic rings. The van der Waals surface area contributed by atoms with E-state index in [1.54, 1.807) is 36.4 Å². The maximum Gasteiger partial charge on any atom is 0.261 e. The highest BCUT2D eigenvalue weighted by Crippen LogP contribution is 2.28. The molecular formula is C20H19N5O2S. The molecule has 1 aliphatic carbocycles. The number of aryl methyl sites for hydroxylation is 2. The third kappa shape index (κ3) is 3.21. The van der Waals surface area contributed by atoms with Gasteiger partial charge >= 0.3 is 0 Å². The van der Waals surface area contributed by atoms with E-state index in [0.717, 1.165) is 31.2 Å². The summed E-state index contributed by atoms with van der Waals surface area (Å²) >= 11 is 0. The van der Waals surface area contributed by atoms with Crippen molar-refractivity contribution in [3.8, 4) is 11.8 Å². The zero-order valence-electron chi connectivity index (χ0n) is 15.1. The van der Waals surface area contributed by atoms with Gasteiger partial charge in [-0.15, -0.1) is 0 Å². The van der Waals surface area contributed by atoms with Gasteiger partial charge in [0.05, 0.1) is 22.5 Å². The predicted molar refractivity (Wildman–Crippen MR) is 107 cm³/mol. The molecule has 28 heavy (non-hydrogen) atoms. The molecule has 0 aliphatic heterocycles. The maximum atomic E-state index is 13.0. The number of hydrogen-bond acceptors (Lipinski definition) is 5. The normalized spacial score (nSPS) is 13.5. The average Bonchev–Trinajstić information content (AvgIpc) is 3.08. The fourth-order valence-corrected chi connectivity index (χ4v) is 4.59. The van der Waals surface area contributed by atoms with Gasteiger partial charge in [0.2, 0.25) is 0 Å². The Bertz CT molecular complexity index is 1190. The summed E-state index contributed by atoms with van der Waals surface area (Å²) in [6.45, 7) is 0. The van der Waals surface area contributed by atoms with Gasteiger partial charge in [-0.3, -0.25) is 4.72 Å². The molecule has 0 atom stereocenters. The molecule has 1 heterocycles. The number of nitrogens with two attached hydrogens (primary N) is 1. The second-order valence-electron chi connectivity index (χ2n) is 6.73. The Kier molecular flexibility index (Phi) is 4.53. The number of aromatic nitrogens is 2. The fraction of sp³-hybridized carbons (Fsp3) is 0.200. The lowest BCUT2D eigenvalue weighted by Crippen LogP contribution is -2.16. The van der Waals surface area contributed by atoms with Crippen LogP contribution in [0.2, 0.25) is 0 Å². The van der Waals surface area contributed by atoms with Crippen molar-refractivity contribution in [2.24, 2.45) is 0 Å². The van der Waals surface area contributed by atoms with E-state index in [-0.39, 0.29) is 16.3 Å². The van der Waals surface area contributed by atoms with Crippen molar-refractivity contribution in [1.82, 2.24) is 9.78 Å². The molecule has 0 saturated heterocycles. The number of anilines is 2. The average molecular weight is 393 g/mol. The van der Waals surface area contributed by atoms with Crippen LogP contribution in [0.25, 0.3) is 5.69 Å². The lowest BCUT2D eigenvalue weighted by molar-refractivity contribution is 0.600. The van der Waals surface area contributed by atoms with Crippen molar-refractivity contribution >= 4 is 21.5 Å². The molecule has 0 bridgehead atoms. The number of sulfonamides is 1. The molecule has 1 aromatic heterocycles. The number of nitrogens with one attached hydrogen (secondary N) is 1. The summed E-state index contributed by atoms with van der Waals surface area (Å²) in [5, 5.41) is 13.2. The molecule has 1 aliphatic rings. The van der Waals surface area contributed by atoms with Crippen molar-refractivity contribution in [2.45, 2.75) is 30.6 Å². The molecule has 0 fully saturated rings. The van der Waals surface area contributed by atoms with Crippen LogP contribution in [-0.4, -0.2) is 18.2 Å². The molecular weight excluding hydrogens is 374 g/mol. The van der Waals surface area contributed by atoms with Gasteiger partial charge in [-0.05, 0) is 61.1 Å². The molecule has 0 amide bonds. The summed E-state index contributed by atoms with van der Waals surface area (Å²) in [5.74, 6) is 0.155. The number of hydrogen-bond donors (Lipinski definition) is 2. The first-order chi connectivity index (χ1) is 13.5. The van der Waals surface area contributed by atoms with E-state index in [9.17, 15) is 8.42 Å². The first-order valence-corrected chi connectivity index (χ1v) is 10.5. The van der Waals surface area contributed by atoms with Crippen molar-refractivity contribution in [3.05, 3.63) is 65.4 Å². The van der Waals surface area contributed by atoms with Crippen LogP contribution in [-0.2, 0) is 22.9 Å². The van der Waals surface area contributed by atoms with E-state index in [0.29, 0.717) is 11.4 Å². The monoisotopic (exact) mass is 393 g/mol. The number of nitrogens with zero attached hydrogens (tertiary/aromatic N) is 3. The lowest BCUT2D eigenvalue weighted by Gasteiger charge is -2.18. The molecule has 7 nitrogen and oxygen atoms in total. The largest absolute Gasteiger partial charge is 0.382 e. The predicted octanol–water partition coefficient (Wildman–Crippen LogP) is 3.01. The van der Waals surface area contributed by atoms with Gasteiger partial charge in [-0.1, -0.05) is 18.2 Å². The van der Waals surface area contributed by atoms with Crippen molar-refractivity contribution in [2.75, 3.05) is 10.5 Å². The summed E-state index contributed by atoms with van der Waals surface area (Å²) in [6, 6.07) is 14.1. The van der Waals surface area contributed by atoms with Crippen LogP contribution in [0.5, 0.6) is 0 Å². The summed E-state index contributed by atoms with van der Waals surface area (Å²) in [4.78, 5) is 0.231. The Labute approximate surface area is 163 Å². The number of nitriles is 1. The molecule has 4 rings (SSSR count). The molecule has 0 saturated carbocycles. The van der Waals surface area contributed by atoms with Crippen LogP contribution >= 0.6 is 0 Å². The molecule has 0 unspecified atom stereocenters. The molecule has 8 heteroatoms. The van der Waals surface area contributed by atoms with Crippen LogP contribution in [0, 0.1) is 11.3 Å². The quantitative estimate of drug-likeness (QED) is 0.707. The Hall–Kier alpha value is -3.31. The Morgan fingerprint density at radius 1 is 1.11 bits per heavy atom. The van der Waals surface area contributed by atoms with Crippen LogP contribution in [0.4, 0.5) is 11.5 Å². The van der Waals surface area contributed by atoms with Crippen LogP contribution in [0.1, 0.15) is 29.5 Å². The fourth-order valence-electron chi connectivity index (χ4n) is 3.46. The standard InChI is InChI=1S/C20H19N5O2S/c21-12-16-13-23-25(20(16)22)19-8-4-3-7-18(19)24-28(26,27)17-10-9-14-5-1-2-6-15(14)11-17/h3-4,7-11,13,24H,1-2,5-6,22H2. The van der Waals surface area contributed by atoms with Gasteiger partial charge in [0.15, 0.2) is 0 Å². The Balaban J connectivity index is 1.71. The number of para-hydroxylation sites is 2. The summed E-state index contributed by atoms with van der Waals surface area (Å²) in [6.07, 6.45) is 5.46. The third-order valence-corrected chi connectivity index (χ3v) is 6.30. The summed E-state index contributed by atoms with van der Waals surface area (Å²) < 4.78 is 30.0. The second-order valence-corrected chi connectivity index (χ2v) is 8.41. The highest BCUT2D eigenvalue weighted by atomic mass is 32.2. The van der Waals surface area contributed by atoms with E-state index in [4.69, 9.17) is 11.0 Å². The van der Waals surface area contributed by atoms with E-state index >= 15 is 0 Å². The van der Waals surface area contributed by atoms with Crippen LogP contribution in [0.3, 0.4) is 0 Å². The van der Waals surface area contributed by atoms with Gasteiger partial charge < -0.3 is 5.73 Å². The topological polar surface area (TPSA) is 114 Å². The Morgan fingerprint density at radius 3 is 2.61 bits per heavy atom. The van der Waals surface area contributed by atoms with Gasteiger partial charge in [0, 0.05) is 0 Å². The number of benzene rings is 2. The highest BCUT2D eigenvalue weighted by Gasteiger charge is 2.20. The van der Waals surface area contributed by atoms with Crippen molar-refractivity contribution < 1.29 is 8.42 Å². The van der Waals surface area contributed by atoms with E-state index in [1.165, 1.54) is 16.4 Å². The summed E-state index contributed by atoms with van der Waals surface area (Å²) in [7, 11) is -3.79. The van der Waals surface area contributed by atoms with Gasteiger partial charge in [0.1, 0.15) is 17.5 Å². The first kappa shape index (κ1) is 18.1. The minimum Gasteiger partial charge on any atom is -0.382 e. The van der Waals surface area contributed by atoms with Crippen LogP contribution in [0.15, 0.2) is 53.6 Å². The van der Waals surface area contributed by atoms with Crippen LogP contribution < -0.4 is 10.5 Å². The molecule has 142 valence electrons. The van der Waals surface area contributed by atoms with Crippen molar-refractivity contribution in [1.29, 1.82) is 5.26 Å². The Morgan fingerprint density at radius 2 is 1.86 bits per heavy atom. The lowest BCUT2D eigenvalue weighted by atomic mass is 9.92. The smallest absolute Gasteiger partial charge is 0.261 e. The minimum absolute atomic E-state index is 0.155. The zero-order chi connectivity index (χ0) is 19.7. The molecule has 0 spiro atoms. The number of fused-ring (bicyclic) bond motifs is 1. The van der Waals surface area contributed by atoms with Crippen molar-refractivity contribution in [3.63, 3.8) is 0 Å². The first-order valence-electron chi connectivity index (χ1n) is 8.97. The van der Waals surface area contributed by atoms with Gasteiger partial charge in [0.25, 0.3) is 10.0 Å². The summed E-state index contributed by atoms with van der Waals surface area (Å²) in [5.41, 5.74) is 9.29. The second kappa shape index (κ2) is 7.02. The third-order valence-electron chi connectivity index (χ3n) is 4.93. The number of nitrogen functional groups attached to an aromatic ring is 1. The number of rotatable bonds is 4. The minimum atomic E-state index is -3.79. The van der Waals surface area contributed by atoms with E-state index < -0.39 is 10.0 Å². The van der Waals surface area contributed by atoms with Gasteiger partial charge in [-0.25, -0.2) is 13.1 Å². The highest BCUT2D eigenvalue weighted by molar-refractivity contribution is 7.92. The maximum absolute atomic E-state index is 13.0. The molecule has 3 N–H and O–H groups in total. The zero-order valence-corrected chi connectivity index (χ0v) is 15.9. The SMILES string of the molecule is N#Cc1cnn(-c2ccccc2NS(=O)(=O)c2ccc3c(c2)CCCC3)c1N. The molecule has 0 radical (unpaired) electrons. The van der Waals surface area contributed by atoms with Gasteiger partial charge in [-0.2, -0.15) is 10.4 Å². The molecule has 2 aromatic carbocycles. The van der Waals surface area contributed by atoms with E-state index in [2.05, 4.69) is 9.82 Å².